The van der Waals surface area contributed by atoms with Gasteiger partial charge in [-0.2, -0.15) is 0 Å². The Labute approximate surface area is 171 Å². The van der Waals surface area contributed by atoms with Gasteiger partial charge in [-0.1, -0.05) is 30.3 Å². The summed E-state index contributed by atoms with van der Waals surface area (Å²) in [4.78, 5) is 41.6. The number of aromatic nitrogens is 2. The van der Waals surface area contributed by atoms with Crippen LogP contribution in [0.2, 0.25) is 5.02 Å². The van der Waals surface area contributed by atoms with Crippen LogP contribution in [-0.2, 0) is 16.6 Å². The summed E-state index contributed by atoms with van der Waals surface area (Å²) in [6.45, 7) is 5.70. The van der Waals surface area contributed by atoms with Crippen LogP contribution in [0.15, 0.2) is 53.8 Å². The fourth-order valence-electron chi connectivity index (χ4n) is 2.75. The highest BCUT2D eigenvalue weighted by molar-refractivity contribution is 6.35. The molecule has 0 aliphatic carbocycles. The summed E-state index contributed by atoms with van der Waals surface area (Å²) in [6, 6.07) is 11.2. The quantitative estimate of drug-likeness (QED) is 0.513. The number of ether oxygens (including phenoxy) is 1. The number of carbonyl (C=O) groups is 2. The Hall–Kier alpha value is -3.45. The first-order chi connectivity index (χ1) is 13.8. The summed E-state index contributed by atoms with van der Waals surface area (Å²) < 4.78 is 6.22. The number of rotatable bonds is 5. The van der Waals surface area contributed by atoms with E-state index in [2.05, 4.69) is 16.9 Å². The molecule has 2 aromatic carbocycles. The summed E-state index contributed by atoms with van der Waals surface area (Å²) >= 11 is 6.14. The van der Waals surface area contributed by atoms with Gasteiger partial charge in [-0.3, -0.25) is 14.2 Å². The van der Waals surface area contributed by atoms with E-state index in [0.29, 0.717) is 10.9 Å². The van der Waals surface area contributed by atoms with Gasteiger partial charge in [0.05, 0.1) is 39.4 Å². The molecule has 148 valence electrons. The minimum absolute atomic E-state index is 0.0204. The van der Waals surface area contributed by atoms with Gasteiger partial charge >= 0.3 is 5.97 Å². The van der Waals surface area contributed by atoms with E-state index in [1.807, 2.05) is 0 Å². The number of nitrogens with zero attached hydrogens (tertiary/aromatic N) is 2. The van der Waals surface area contributed by atoms with E-state index in [1.165, 1.54) is 29.8 Å². The van der Waals surface area contributed by atoms with Crippen molar-refractivity contribution in [2.24, 2.45) is 7.05 Å². The first-order valence-corrected chi connectivity index (χ1v) is 9.14. The standard InChI is InChI=1S/C21H18ClN3O4/c1-4-29-21(28)13-9-10-15(22)17(11-13)24-19(26)12(2)18-23-16-8-6-5-7-14(16)20(27)25(18)3/h5-11H,2,4H2,1,3H3,(H,24,26). The van der Waals surface area contributed by atoms with E-state index in [9.17, 15) is 14.4 Å². The topological polar surface area (TPSA) is 90.3 Å². The number of benzene rings is 2. The summed E-state index contributed by atoms with van der Waals surface area (Å²) in [5, 5.41) is 3.28. The fourth-order valence-corrected chi connectivity index (χ4v) is 2.91. The molecule has 29 heavy (non-hydrogen) atoms. The van der Waals surface area contributed by atoms with Gasteiger partial charge in [0.25, 0.3) is 11.5 Å². The molecule has 0 bridgehead atoms. The lowest BCUT2D eigenvalue weighted by atomic mass is 10.1. The van der Waals surface area contributed by atoms with Crippen molar-refractivity contribution in [3.63, 3.8) is 0 Å². The average molecular weight is 412 g/mol. The van der Waals surface area contributed by atoms with Crippen molar-refractivity contribution >= 4 is 45.6 Å². The van der Waals surface area contributed by atoms with Crippen LogP contribution < -0.4 is 10.9 Å². The maximum Gasteiger partial charge on any atom is 0.338 e. The number of hydrogen-bond acceptors (Lipinski definition) is 5. The van der Waals surface area contributed by atoms with Crippen molar-refractivity contribution < 1.29 is 14.3 Å². The largest absolute Gasteiger partial charge is 0.462 e. The SMILES string of the molecule is C=C(C(=O)Nc1cc(C(=O)OCC)ccc1Cl)c1nc2ccccc2c(=O)n1C. The molecular formula is C21H18ClN3O4. The van der Waals surface area contributed by atoms with Gasteiger partial charge < -0.3 is 10.1 Å². The molecule has 0 fully saturated rings. The van der Waals surface area contributed by atoms with Crippen LogP contribution in [0.1, 0.15) is 23.1 Å². The molecule has 1 N–H and O–H groups in total. The van der Waals surface area contributed by atoms with Crippen molar-refractivity contribution in [2.75, 3.05) is 11.9 Å². The highest BCUT2D eigenvalue weighted by atomic mass is 35.5. The fraction of sp³-hybridized carbons (Fsp3) is 0.143. The number of fused-ring (bicyclic) bond motifs is 1. The molecule has 0 saturated carbocycles. The van der Waals surface area contributed by atoms with Crippen molar-refractivity contribution in [1.29, 1.82) is 0 Å². The summed E-state index contributed by atoms with van der Waals surface area (Å²) in [7, 11) is 1.52. The van der Waals surface area contributed by atoms with E-state index < -0.39 is 11.9 Å². The van der Waals surface area contributed by atoms with Gasteiger partial charge in [0.15, 0.2) is 0 Å². The molecule has 0 saturated heterocycles. The first kappa shape index (κ1) is 20.3. The molecule has 0 radical (unpaired) electrons. The Morgan fingerprint density at radius 2 is 1.97 bits per heavy atom. The first-order valence-electron chi connectivity index (χ1n) is 8.76. The van der Waals surface area contributed by atoms with Crippen molar-refractivity contribution in [1.82, 2.24) is 9.55 Å². The van der Waals surface area contributed by atoms with E-state index >= 15 is 0 Å². The van der Waals surface area contributed by atoms with Crippen LogP contribution in [0, 0.1) is 0 Å². The van der Waals surface area contributed by atoms with Crippen LogP contribution in [-0.4, -0.2) is 28.0 Å². The van der Waals surface area contributed by atoms with Gasteiger partial charge in [-0.05, 0) is 37.3 Å². The molecule has 1 aromatic heterocycles. The number of hydrogen-bond donors (Lipinski definition) is 1. The number of para-hydroxylation sites is 1. The van der Waals surface area contributed by atoms with Gasteiger partial charge in [-0.15, -0.1) is 0 Å². The van der Waals surface area contributed by atoms with Gasteiger partial charge in [0.2, 0.25) is 0 Å². The lowest BCUT2D eigenvalue weighted by molar-refractivity contribution is -0.111. The summed E-state index contributed by atoms with van der Waals surface area (Å²) in [5.74, 6) is -1.01. The molecule has 0 spiro atoms. The van der Waals surface area contributed by atoms with E-state index in [0.717, 1.165) is 0 Å². The Morgan fingerprint density at radius 3 is 2.69 bits per heavy atom. The molecule has 1 heterocycles. The molecular weight excluding hydrogens is 394 g/mol. The Bertz CT molecular complexity index is 1200. The zero-order chi connectivity index (χ0) is 21.1. The average Bonchev–Trinajstić information content (AvgIpc) is 2.71. The number of amides is 1. The van der Waals surface area contributed by atoms with Crippen molar-refractivity contribution in [3.8, 4) is 0 Å². The number of nitrogens with one attached hydrogen (secondary N) is 1. The lowest BCUT2D eigenvalue weighted by Gasteiger charge is -2.13. The predicted octanol–water partition coefficient (Wildman–Crippen LogP) is 3.42. The molecule has 7 nitrogen and oxygen atoms in total. The van der Waals surface area contributed by atoms with E-state index in [1.54, 1.807) is 31.2 Å². The van der Waals surface area contributed by atoms with Crippen LogP contribution in [0.5, 0.6) is 0 Å². The highest BCUT2D eigenvalue weighted by Crippen LogP contribution is 2.25. The number of halogens is 1. The number of carbonyl (C=O) groups excluding carboxylic acids is 2. The van der Waals surface area contributed by atoms with Crippen LogP contribution >= 0.6 is 11.6 Å². The lowest BCUT2D eigenvalue weighted by Crippen LogP contribution is -2.25. The van der Waals surface area contributed by atoms with Crippen molar-refractivity contribution in [3.05, 3.63) is 75.8 Å². The second-order valence-electron chi connectivity index (χ2n) is 6.16. The normalized spacial score (nSPS) is 10.6. The minimum atomic E-state index is -0.606. The highest BCUT2D eigenvalue weighted by Gasteiger charge is 2.18. The predicted molar refractivity (Wildman–Crippen MR) is 112 cm³/mol. The molecule has 8 heteroatoms. The maximum absolute atomic E-state index is 12.7. The van der Waals surface area contributed by atoms with Crippen LogP contribution in [0.4, 0.5) is 5.69 Å². The molecule has 3 aromatic rings. The van der Waals surface area contributed by atoms with E-state index in [4.69, 9.17) is 16.3 Å². The summed E-state index contributed by atoms with van der Waals surface area (Å²) in [5.41, 5.74) is 0.610. The second-order valence-corrected chi connectivity index (χ2v) is 6.57. The molecule has 0 aliphatic rings. The Kier molecular flexibility index (Phi) is 5.79. The van der Waals surface area contributed by atoms with Crippen molar-refractivity contribution in [2.45, 2.75) is 6.92 Å². The third-order valence-corrected chi connectivity index (χ3v) is 4.58. The molecule has 3 rings (SSSR count). The monoisotopic (exact) mass is 411 g/mol. The van der Waals surface area contributed by atoms with Crippen LogP contribution in [0.3, 0.4) is 0 Å². The van der Waals surface area contributed by atoms with Gasteiger partial charge in [-0.25, -0.2) is 9.78 Å². The van der Waals surface area contributed by atoms with Gasteiger partial charge in [0.1, 0.15) is 5.82 Å². The van der Waals surface area contributed by atoms with Gasteiger partial charge in [0, 0.05) is 7.05 Å². The Morgan fingerprint density at radius 1 is 1.24 bits per heavy atom. The third-order valence-electron chi connectivity index (χ3n) is 4.25. The summed E-state index contributed by atoms with van der Waals surface area (Å²) in [6.07, 6.45) is 0. The Balaban J connectivity index is 1.92. The number of esters is 1. The molecule has 0 atom stereocenters. The second kappa shape index (κ2) is 8.28. The zero-order valence-electron chi connectivity index (χ0n) is 15.9. The number of anilines is 1. The maximum atomic E-state index is 12.7. The smallest absolute Gasteiger partial charge is 0.338 e. The molecule has 0 aliphatic heterocycles. The third kappa shape index (κ3) is 4.05. The molecule has 0 unspecified atom stereocenters. The zero-order valence-corrected chi connectivity index (χ0v) is 16.6. The van der Waals surface area contributed by atoms with E-state index in [-0.39, 0.29) is 39.8 Å². The van der Waals surface area contributed by atoms with Crippen LogP contribution in [0.25, 0.3) is 16.5 Å². The minimum Gasteiger partial charge on any atom is -0.462 e. The molecule has 1 amide bonds.